The third-order valence-electron chi connectivity index (χ3n) is 3.69. The Morgan fingerprint density at radius 1 is 1.47 bits per heavy atom. The van der Waals surface area contributed by atoms with Gasteiger partial charge < -0.3 is 14.8 Å². The lowest BCUT2D eigenvalue weighted by atomic mass is 9.96. The summed E-state index contributed by atoms with van der Waals surface area (Å²) in [5.41, 5.74) is 0.860. The highest BCUT2D eigenvalue weighted by Gasteiger charge is 2.22. The van der Waals surface area contributed by atoms with Crippen molar-refractivity contribution in [2.75, 3.05) is 20.8 Å². The van der Waals surface area contributed by atoms with Crippen LogP contribution in [-0.2, 0) is 4.74 Å². The molecule has 19 heavy (non-hydrogen) atoms. The number of halogens is 1. The molecular formula is C15H22FNO2. The van der Waals surface area contributed by atoms with E-state index in [2.05, 4.69) is 5.32 Å². The van der Waals surface area contributed by atoms with E-state index in [-0.39, 0.29) is 18.0 Å². The first kappa shape index (κ1) is 14.3. The summed E-state index contributed by atoms with van der Waals surface area (Å²) < 4.78 is 24.5. The second-order valence-corrected chi connectivity index (χ2v) is 4.95. The summed E-state index contributed by atoms with van der Waals surface area (Å²) in [6.07, 6.45) is 4.52. The quantitative estimate of drug-likeness (QED) is 0.889. The van der Waals surface area contributed by atoms with Crippen LogP contribution in [0.4, 0.5) is 4.39 Å². The maximum absolute atomic E-state index is 13.4. The summed E-state index contributed by atoms with van der Waals surface area (Å²) in [7, 11) is 3.50. The van der Waals surface area contributed by atoms with E-state index in [1.54, 1.807) is 19.2 Å². The molecule has 1 aliphatic rings. The predicted octanol–water partition coefficient (Wildman–Crippen LogP) is 3.05. The Balaban J connectivity index is 2.13. The molecule has 1 aromatic rings. The Morgan fingerprint density at radius 3 is 2.95 bits per heavy atom. The van der Waals surface area contributed by atoms with Gasteiger partial charge >= 0.3 is 0 Å². The smallest absolute Gasteiger partial charge is 0.123 e. The highest BCUT2D eigenvalue weighted by molar-refractivity contribution is 5.36. The van der Waals surface area contributed by atoms with Gasteiger partial charge in [-0.1, -0.05) is 0 Å². The van der Waals surface area contributed by atoms with Crippen LogP contribution in [0.1, 0.15) is 37.3 Å². The van der Waals surface area contributed by atoms with Crippen LogP contribution in [0.2, 0.25) is 0 Å². The molecule has 1 N–H and O–H groups in total. The second-order valence-electron chi connectivity index (χ2n) is 4.95. The molecule has 1 heterocycles. The summed E-state index contributed by atoms with van der Waals surface area (Å²) in [6, 6.07) is 4.69. The van der Waals surface area contributed by atoms with Crippen molar-refractivity contribution in [3.63, 3.8) is 0 Å². The van der Waals surface area contributed by atoms with Crippen molar-refractivity contribution in [2.24, 2.45) is 0 Å². The molecule has 1 aliphatic heterocycles. The van der Waals surface area contributed by atoms with E-state index in [9.17, 15) is 4.39 Å². The summed E-state index contributed by atoms with van der Waals surface area (Å²) >= 11 is 0. The van der Waals surface area contributed by atoms with Gasteiger partial charge in [-0.15, -0.1) is 0 Å². The highest BCUT2D eigenvalue weighted by Crippen LogP contribution is 2.31. The molecule has 4 heteroatoms. The van der Waals surface area contributed by atoms with Gasteiger partial charge in [0.15, 0.2) is 0 Å². The molecule has 0 amide bonds. The van der Waals surface area contributed by atoms with Gasteiger partial charge in [0.25, 0.3) is 0 Å². The Labute approximate surface area is 114 Å². The number of nitrogens with one attached hydrogen (secondary N) is 1. The molecule has 0 spiro atoms. The normalized spacial score (nSPS) is 21.1. The molecule has 3 nitrogen and oxygen atoms in total. The van der Waals surface area contributed by atoms with E-state index in [0.717, 1.165) is 37.2 Å². The van der Waals surface area contributed by atoms with Gasteiger partial charge in [0.2, 0.25) is 0 Å². The third kappa shape index (κ3) is 3.67. The molecule has 0 saturated carbocycles. The number of hydrogen-bond donors (Lipinski definition) is 1. The van der Waals surface area contributed by atoms with Crippen molar-refractivity contribution in [3.8, 4) is 5.75 Å². The zero-order chi connectivity index (χ0) is 13.7. The minimum atomic E-state index is -0.236. The number of methoxy groups -OCH3 is 1. The number of rotatable bonds is 5. The van der Waals surface area contributed by atoms with Crippen molar-refractivity contribution in [1.82, 2.24) is 5.32 Å². The van der Waals surface area contributed by atoms with Crippen LogP contribution in [0.5, 0.6) is 5.75 Å². The van der Waals surface area contributed by atoms with E-state index < -0.39 is 0 Å². The van der Waals surface area contributed by atoms with Gasteiger partial charge in [0.1, 0.15) is 11.6 Å². The van der Waals surface area contributed by atoms with Crippen molar-refractivity contribution < 1.29 is 13.9 Å². The molecule has 2 rings (SSSR count). The van der Waals surface area contributed by atoms with Crippen molar-refractivity contribution in [3.05, 3.63) is 29.6 Å². The molecule has 2 atom stereocenters. The van der Waals surface area contributed by atoms with Crippen LogP contribution >= 0.6 is 0 Å². The lowest BCUT2D eigenvalue weighted by molar-refractivity contribution is 0.00535. The molecule has 1 fully saturated rings. The predicted molar refractivity (Wildman–Crippen MR) is 73.0 cm³/mol. The Kier molecular flexibility index (Phi) is 5.16. The van der Waals surface area contributed by atoms with Crippen molar-refractivity contribution in [1.29, 1.82) is 0 Å². The van der Waals surface area contributed by atoms with Gasteiger partial charge in [-0.3, -0.25) is 0 Å². The standard InChI is InChI=1S/C15H22FNO2/c1-17-14(10-12-5-3-4-8-19-12)13-9-11(16)6-7-15(13)18-2/h6-7,9,12,14,17H,3-5,8,10H2,1-2H3. The number of benzene rings is 1. The van der Waals surface area contributed by atoms with Crippen LogP contribution in [-0.4, -0.2) is 26.9 Å². The molecular weight excluding hydrogens is 245 g/mol. The van der Waals surface area contributed by atoms with Crippen LogP contribution in [0.25, 0.3) is 0 Å². The van der Waals surface area contributed by atoms with E-state index in [1.165, 1.54) is 12.5 Å². The zero-order valence-corrected chi connectivity index (χ0v) is 11.6. The first-order valence-electron chi connectivity index (χ1n) is 6.87. The van der Waals surface area contributed by atoms with E-state index >= 15 is 0 Å². The minimum Gasteiger partial charge on any atom is -0.496 e. The summed E-state index contributed by atoms with van der Waals surface area (Å²) in [5, 5.41) is 3.24. The number of hydrogen-bond acceptors (Lipinski definition) is 3. The maximum atomic E-state index is 13.4. The topological polar surface area (TPSA) is 30.5 Å². The lowest BCUT2D eigenvalue weighted by Gasteiger charge is -2.27. The summed E-state index contributed by atoms with van der Waals surface area (Å²) in [6.45, 7) is 0.835. The van der Waals surface area contributed by atoms with Gasteiger partial charge in [-0.2, -0.15) is 0 Å². The van der Waals surface area contributed by atoms with Gasteiger partial charge in [-0.25, -0.2) is 4.39 Å². The van der Waals surface area contributed by atoms with Crippen LogP contribution in [0.15, 0.2) is 18.2 Å². The van der Waals surface area contributed by atoms with Crippen LogP contribution < -0.4 is 10.1 Å². The minimum absolute atomic E-state index is 0.0498. The molecule has 1 saturated heterocycles. The monoisotopic (exact) mass is 267 g/mol. The highest BCUT2D eigenvalue weighted by atomic mass is 19.1. The first-order chi connectivity index (χ1) is 9.24. The van der Waals surface area contributed by atoms with E-state index in [4.69, 9.17) is 9.47 Å². The van der Waals surface area contributed by atoms with Crippen molar-refractivity contribution >= 4 is 0 Å². The van der Waals surface area contributed by atoms with Crippen LogP contribution in [0.3, 0.4) is 0 Å². The first-order valence-corrected chi connectivity index (χ1v) is 6.87. The number of ether oxygens (including phenoxy) is 2. The van der Waals surface area contributed by atoms with E-state index in [0.29, 0.717) is 0 Å². The average molecular weight is 267 g/mol. The van der Waals surface area contributed by atoms with Gasteiger partial charge in [0.05, 0.1) is 13.2 Å². The van der Waals surface area contributed by atoms with Gasteiger partial charge in [-0.05, 0) is 50.9 Å². The Hall–Kier alpha value is -1.13. The SMILES string of the molecule is CNC(CC1CCCCO1)c1cc(F)ccc1OC. The average Bonchev–Trinajstić information content (AvgIpc) is 2.46. The lowest BCUT2D eigenvalue weighted by Crippen LogP contribution is -2.27. The van der Waals surface area contributed by atoms with E-state index in [1.807, 2.05) is 7.05 Å². The van der Waals surface area contributed by atoms with Crippen molar-refractivity contribution in [2.45, 2.75) is 37.8 Å². The fourth-order valence-corrected chi connectivity index (χ4v) is 2.63. The maximum Gasteiger partial charge on any atom is 0.123 e. The zero-order valence-electron chi connectivity index (χ0n) is 11.6. The fourth-order valence-electron chi connectivity index (χ4n) is 2.63. The van der Waals surface area contributed by atoms with Crippen LogP contribution in [0, 0.1) is 5.82 Å². The fraction of sp³-hybridized carbons (Fsp3) is 0.600. The van der Waals surface area contributed by atoms with Gasteiger partial charge in [0, 0.05) is 18.2 Å². The second kappa shape index (κ2) is 6.87. The molecule has 1 aromatic carbocycles. The molecule has 2 unspecified atom stereocenters. The molecule has 0 aromatic heterocycles. The summed E-state index contributed by atoms with van der Waals surface area (Å²) in [5.74, 6) is 0.483. The molecule has 0 bridgehead atoms. The largest absolute Gasteiger partial charge is 0.496 e. The molecule has 106 valence electrons. The Bertz CT molecular complexity index is 405. The third-order valence-corrected chi connectivity index (χ3v) is 3.69. The summed E-state index contributed by atoms with van der Waals surface area (Å²) in [4.78, 5) is 0. The molecule has 0 radical (unpaired) electrons. The molecule has 0 aliphatic carbocycles. The Morgan fingerprint density at radius 2 is 2.32 bits per heavy atom.